The third-order valence-electron chi connectivity index (χ3n) is 5.46. The normalized spacial score (nSPS) is 21.8. The molecule has 0 radical (unpaired) electrons. The molecule has 2 aliphatic rings. The van der Waals surface area contributed by atoms with Gasteiger partial charge in [0.15, 0.2) is 11.6 Å². The van der Waals surface area contributed by atoms with Crippen LogP contribution in [0.1, 0.15) is 43.8 Å². The molecule has 1 saturated heterocycles. The molecule has 1 spiro atoms. The van der Waals surface area contributed by atoms with E-state index in [4.69, 9.17) is 0 Å². The highest BCUT2D eigenvalue weighted by Crippen LogP contribution is 2.37. The minimum absolute atomic E-state index is 0.206. The number of aryl methyl sites for hydroxylation is 2. The topological polar surface area (TPSA) is 93.7 Å². The average molecular weight is 346 g/mol. The first-order valence-electron chi connectivity index (χ1n) is 9.06. The summed E-state index contributed by atoms with van der Waals surface area (Å²) in [4.78, 5) is 8.13. The van der Waals surface area contributed by atoms with E-state index in [-0.39, 0.29) is 5.54 Å². The Morgan fingerprint density at radius 2 is 1.48 bits per heavy atom. The van der Waals surface area contributed by atoms with Gasteiger partial charge in [-0.2, -0.15) is 9.59 Å². The number of tetrazole rings is 2. The fourth-order valence-corrected chi connectivity index (χ4v) is 4.30. The highest BCUT2D eigenvalue weighted by Gasteiger charge is 2.42. The minimum Gasteiger partial charge on any atom is -0.293 e. The standard InChI is InChI=1S/C15H26N10/c1-22-18-13(16-20-22)10-24-8-9-25(11-14-17-21-23(2)19-14)15(12-24)6-4-3-5-7-15/h3-12H2,1-2H3. The Hall–Kier alpha value is -1.94. The Labute approximate surface area is 147 Å². The van der Waals surface area contributed by atoms with E-state index in [1.165, 1.54) is 36.9 Å². The van der Waals surface area contributed by atoms with Crippen molar-refractivity contribution in [3.05, 3.63) is 11.6 Å². The van der Waals surface area contributed by atoms with Crippen LogP contribution in [0.4, 0.5) is 0 Å². The molecule has 0 unspecified atom stereocenters. The van der Waals surface area contributed by atoms with E-state index in [1.807, 2.05) is 14.1 Å². The van der Waals surface area contributed by atoms with E-state index in [0.717, 1.165) is 44.4 Å². The van der Waals surface area contributed by atoms with Crippen LogP contribution >= 0.6 is 0 Å². The van der Waals surface area contributed by atoms with Gasteiger partial charge in [0.2, 0.25) is 0 Å². The summed E-state index contributed by atoms with van der Waals surface area (Å²) in [6.45, 7) is 4.61. The number of rotatable bonds is 4. The fourth-order valence-electron chi connectivity index (χ4n) is 4.30. The van der Waals surface area contributed by atoms with E-state index < -0.39 is 0 Å². The number of piperazine rings is 1. The third-order valence-corrected chi connectivity index (χ3v) is 5.46. The summed E-state index contributed by atoms with van der Waals surface area (Å²) in [5.41, 5.74) is 0.206. The molecule has 0 bridgehead atoms. The molecule has 25 heavy (non-hydrogen) atoms. The van der Waals surface area contributed by atoms with Crippen molar-refractivity contribution < 1.29 is 0 Å². The summed E-state index contributed by atoms with van der Waals surface area (Å²) in [5.74, 6) is 1.62. The zero-order chi connectivity index (χ0) is 17.3. The molecule has 0 atom stereocenters. The second-order valence-corrected chi connectivity index (χ2v) is 7.31. The SMILES string of the molecule is Cn1nnc(CN2CCN(Cc3nnn(C)n3)C3(CCCCC3)C2)n1. The molecular formula is C15H26N10. The first-order valence-corrected chi connectivity index (χ1v) is 9.06. The summed E-state index contributed by atoms with van der Waals surface area (Å²) in [5, 5.41) is 25.0. The summed E-state index contributed by atoms with van der Waals surface area (Å²) in [7, 11) is 3.63. The molecule has 10 nitrogen and oxygen atoms in total. The lowest BCUT2D eigenvalue weighted by Gasteiger charge is -2.52. The van der Waals surface area contributed by atoms with Crippen molar-refractivity contribution in [2.24, 2.45) is 14.1 Å². The molecular weight excluding hydrogens is 320 g/mol. The van der Waals surface area contributed by atoms with Crippen LogP contribution < -0.4 is 0 Å². The van der Waals surface area contributed by atoms with Crippen LogP contribution in [0.5, 0.6) is 0 Å². The van der Waals surface area contributed by atoms with Crippen molar-refractivity contribution in [1.82, 2.24) is 50.2 Å². The Bertz CT molecular complexity index is 701. The predicted molar refractivity (Wildman–Crippen MR) is 89.1 cm³/mol. The van der Waals surface area contributed by atoms with Crippen LogP contribution in [0.3, 0.4) is 0 Å². The Morgan fingerprint density at radius 1 is 0.840 bits per heavy atom. The van der Waals surface area contributed by atoms with E-state index in [1.54, 1.807) is 4.80 Å². The zero-order valence-electron chi connectivity index (χ0n) is 15.0. The van der Waals surface area contributed by atoms with Crippen molar-refractivity contribution in [2.45, 2.75) is 50.7 Å². The number of nitrogens with zero attached hydrogens (tertiary/aromatic N) is 10. The molecule has 2 aromatic heterocycles. The molecule has 1 aliphatic heterocycles. The smallest absolute Gasteiger partial charge is 0.188 e. The summed E-state index contributed by atoms with van der Waals surface area (Å²) in [6, 6.07) is 0. The van der Waals surface area contributed by atoms with Crippen LogP contribution in [-0.4, -0.2) is 75.4 Å². The van der Waals surface area contributed by atoms with Gasteiger partial charge < -0.3 is 0 Å². The molecule has 1 saturated carbocycles. The van der Waals surface area contributed by atoms with Gasteiger partial charge in [0, 0.05) is 25.2 Å². The van der Waals surface area contributed by atoms with Gasteiger partial charge in [-0.15, -0.1) is 20.4 Å². The molecule has 2 aromatic rings. The van der Waals surface area contributed by atoms with Crippen molar-refractivity contribution in [1.29, 1.82) is 0 Å². The minimum atomic E-state index is 0.206. The maximum absolute atomic E-state index is 4.38. The summed E-state index contributed by atoms with van der Waals surface area (Å²) < 4.78 is 0. The van der Waals surface area contributed by atoms with Crippen LogP contribution in [0.25, 0.3) is 0 Å². The summed E-state index contributed by atoms with van der Waals surface area (Å²) >= 11 is 0. The lowest BCUT2D eigenvalue weighted by molar-refractivity contribution is -0.0372. The molecule has 2 fully saturated rings. The Kier molecular flexibility index (Phi) is 4.46. The van der Waals surface area contributed by atoms with Crippen molar-refractivity contribution in [3.63, 3.8) is 0 Å². The molecule has 4 rings (SSSR count). The quantitative estimate of drug-likeness (QED) is 0.748. The second kappa shape index (κ2) is 6.75. The highest BCUT2D eigenvalue weighted by atomic mass is 15.6. The van der Waals surface area contributed by atoms with E-state index in [2.05, 4.69) is 40.6 Å². The largest absolute Gasteiger partial charge is 0.293 e. The lowest BCUT2D eigenvalue weighted by atomic mass is 9.78. The first kappa shape index (κ1) is 16.5. The van der Waals surface area contributed by atoms with Gasteiger partial charge in [0.25, 0.3) is 0 Å². The van der Waals surface area contributed by atoms with Crippen LogP contribution in [-0.2, 0) is 27.2 Å². The van der Waals surface area contributed by atoms with E-state index in [0.29, 0.717) is 0 Å². The maximum atomic E-state index is 4.38. The van der Waals surface area contributed by atoms with Crippen LogP contribution in [0.2, 0.25) is 0 Å². The molecule has 0 amide bonds. The molecule has 10 heteroatoms. The van der Waals surface area contributed by atoms with Gasteiger partial charge in [-0.3, -0.25) is 9.80 Å². The van der Waals surface area contributed by atoms with Crippen LogP contribution in [0.15, 0.2) is 0 Å². The fraction of sp³-hybridized carbons (Fsp3) is 0.867. The van der Waals surface area contributed by atoms with Crippen molar-refractivity contribution in [2.75, 3.05) is 19.6 Å². The Morgan fingerprint density at radius 3 is 2.08 bits per heavy atom. The lowest BCUT2D eigenvalue weighted by Crippen LogP contribution is -2.62. The van der Waals surface area contributed by atoms with E-state index >= 15 is 0 Å². The van der Waals surface area contributed by atoms with Gasteiger partial charge in [-0.25, -0.2) is 0 Å². The van der Waals surface area contributed by atoms with Gasteiger partial charge in [-0.1, -0.05) is 19.3 Å². The summed E-state index contributed by atoms with van der Waals surface area (Å²) in [6.07, 6.45) is 6.39. The monoisotopic (exact) mass is 346 g/mol. The van der Waals surface area contributed by atoms with Crippen molar-refractivity contribution >= 4 is 0 Å². The Balaban J connectivity index is 1.49. The van der Waals surface area contributed by atoms with Gasteiger partial charge >= 0.3 is 0 Å². The molecule has 0 N–H and O–H groups in total. The van der Waals surface area contributed by atoms with Crippen molar-refractivity contribution in [3.8, 4) is 0 Å². The zero-order valence-corrected chi connectivity index (χ0v) is 15.0. The maximum Gasteiger partial charge on any atom is 0.188 e. The van der Waals surface area contributed by atoms with Gasteiger partial charge in [-0.05, 0) is 23.3 Å². The van der Waals surface area contributed by atoms with Gasteiger partial charge in [0.05, 0.1) is 27.2 Å². The average Bonchev–Trinajstić information content (AvgIpc) is 3.19. The second-order valence-electron chi connectivity index (χ2n) is 7.31. The predicted octanol–water partition coefficient (Wildman–Crippen LogP) is -0.246. The van der Waals surface area contributed by atoms with E-state index in [9.17, 15) is 0 Å². The molecule has 3 heterocycles. The number of hydrogen-bond acceptors (Lipinski definition) is 8. The molecule has 1 aliphatic carbocycles. The highest BCUT2D eigenvalue weighted by molar-refractivity contribution is 5.01. The first-order chi connectivity index (χ1) is 12.1. The molecule has 0 aromatic carbocycles. The van der Waals surface area contributed by atoms with Crippen LogP contribution in [0, 0.1) is 0 Å². The third kappa shape index (κ3) is 3.54. The molecule has 136 valence electrons. The number of hydrogen-bond donors (Lipinski definition) is 0. The van der Waals surface area contributed by atoms with Gasteiger partial charge in [0.1, 0.15) is 0 Å². The number of aromatic nitrogens is 8.